The van der Waals surface area contributed by atoms with Crippen molar-refractivity contribution < 1.29 is 18.5 Å². The fourth-order valence-electron chi connectivity index (χ4n) is 0.545. The third-order valence-corrected chi connectivity index (χ3v) is 2.00. The molecule has 0 aromatic carbocycles. The van der Waals surface area contributed by atoms with Gasteiger partial charge in [0, 0.05) is 12.8 Å². The van der Waals surface area contributed by atoms with Crippen LogP contribution in [0.3, 0.4) is 0 Å². The third-order valence-electron chi connectivity index (χ3n) is 1.20. The van der Waals surface area contributed by atoms with Crippen LogP contribution in [0.4, 0.5) is 0 Å². The van der Waals surface area contributed by atoms with E-state index in [9.17, 15) is 4.57 Å². The summed E-state index contributed by atoms with van der Waals surface area (Å²) in [7, 11) is -4.02. The number of terminal acetylenes is 1. The first-order valence-electron chi connectivity index (χ1n) is 4.55. The lowest BCUT2D eigenvalue weighted by Crippen LogP contribution is -2.00. The van der Waals surface area contributed by atoms with Gasteiger partial charge in [0.2, 0.25) is 0 Å². The van der Waals surface area contributed by atoms with Crippen molar-refractivity contribution in [3.05, 3.63) is 0 Å². The maximum atomic E-state index is 11.1. The Balaban J connectivity index is 3.87. The SMILES string of the molecule is C#CCCC#COP(=O)(O)OCC(C)C. The zero-order valence-corrected chi connectivity index (χ0v) is 9.79. The van der Waals surface area contributed by atoms with E-state index in [1.165, 1.54) is 0 Å². The molecule has 0 aromatic heterocycles. The van der Waals surface area contributed by atoms with E-state index >= 15 is 0 Å². The van der Waals surface area contributed by atoms with Crippen LogP contribution in [0.1, 0.15) is 26.7 Å². The first kappa shape index (κ1) is 14.1. The van der Waals surface area contributed by atoms with Crippen molar-refractivity contribution in [3.8, 4) is 24.4 Å². The standard InChI is InChI=1S/C10H15O4P/c1-4-5-6-7-8-13-15(11,12)14-9-10(2)3/h1,10H,5-6,9H2,2-3H3,(H,11,12). The van der Waals surface area contributed by atoms with Crippen LogP contribution in [0.5, 0.6) is 0 Å². The molecule has 1 atom stereocenters. The maximum Gasteiger partial charge on any atom is 0.535 e. The Morgan fingerprint density at radius 3 is 2.67 bits per heavy atom. The summed E-state index contributed by atoms with van der Waals surface area (Å²) in [5.41, 5.74) is 0. The van der Waals surface area contributed by atoms with E-state index in [2.05, 4.69) is 27.0 Å². The Morgan fingerprint density at radius 1 is 1.47 bits per heavy atom. The van der Waals surface area contributed by atoms with E-state index in [-0.39, 0.29) is 12.5 Å². The zero-order valence-electron chi connectivity index (χ0n) is 8.90. The molecule has 0 aliphatic carbocycles. The van der Waals surface area contributed by atoms with Crippen molar-refractivity contribution in [2.45, 2.75) is 26.7 Å². The van der Waals surface area contributed by atoms with Gasteiger partial charge in [0.25, 0.3) is 0 Å². The number of hydrogen-bond acceptors (Lipinski definition) is 3. The molecule has 0 bridgehead atoms. The van der Waals surface area contributed by atoms with E-state index in [0.29, 0.717) is 12.8 Å². The molecule has 15 heavy (non-hydrogen) atoms. The Bertz CT molecular complexity index is 319. The smallest absolute Gasteiger partial charge is 0.350 e. The monoisotopic (exact) mass is 230 g/mol. The molecule has 0 spiro atoms. The average molecular weight is 230 g/mol. The topological polar surface area (TPSA) is 55.8 Å². The highest BCUT2D eigenvalue weighted by Crippen LogP contribution is 2.42. The third kappa shape index (κ3) is 9.38. The van der Waals surface area contributed by atoms with Gasteiger partial charge in [-0.05, 0) is 5.92 Å². The van der Waals surface area contributed by atoms with Crippen molar-refractivity contribution in [1.82, 2.24) is 0 Å². The van der Waals surface area contributed by atoms with Gasteiger partial charge in [0.1, 0.15) is 6.11 Å². The highest BCUT2D eigenvalue weighted by molar-refractivity contribution is 7.47. The first-order chi connectivity index (χ1) is 6.98. The molecular formula is C10H15O4P. The van der Waals surface area contributed by atoms with Gasteiger partial charge < -0.3 is 4.52 Å². The maximum absolute atomic E-state index is 11.1. The summed E-state index contributed by atoms with van der Waals surface area (Å²) in [6.45, 7) is 3.87. The van der Waals surface area contributed by atoms with Crippen molar-refractivity contribution in [3.63, 3.8) is 0 Å². The predicted molar refractivity (Wildman–Crippen MR) is 57.5 cm³/mol. The highest BCUT2D eigenvalue weighted by atomic mass is 31.2. The van der Waals surface area contributed by atoms with Crippen molar-refractivity contribution >= 4 is 7.82 Å². The Morgan fingerprint density at radius 2 is 2.13 bits per heavy atom. The second-order valence-electron chi connectivity index (χ2n) is 3.23. The van der Waals surface area contributed by atoms with Gasteiger partial charge in [-0.15, -0.1) is 12.3 Å². The molecule has 0 amide bonds. The summed E-state index contributed by atoms with van der Waals surface area (Å²) in [6, 6.07) is 0. The Hall–Kier alpha value is -0.930. The molecule has 4 nitrogen and oxygen atoms in total. The van der Waals surface area contributed by atoms with Crippen LogP contribution in [-0.2, 0) is 13.6 Å². The van der Waals surface area contributed by atoms with Crippen molar-refractivity contribution in [2.24, 2.45) is 5.92 Å². The zero-order chi connectivity index (χ0) is 11.7. The first-order valence-corrected chi connectivity index (χ1v) is 6.04. The van der Waals surface area contributed by atoms with Crippen molar-refractivity contribution in [1.29, 1.82) is 0 Å². The fraction of sp³-hybridized carbons (Fsp3) is 0.600. The van der Waals surface area contributed by atoms with E-state index in [0.717, 1.165) is 0 Å². The van der Waals surface area contributed by atoms with E-state index in [4.69, 9.17) is 11.3 Å². The molecule has 0 aromatic rings. The van der Waals surface area contributed by atoms with Gasteiger partial charge in [0.05, 0.1) is 6.61 Å². The van der Waals surface area contributed by atoms with Crippen LogP contribution in [0, 0.1) is 30.3 Å². The number of hydrogen-bond donors (Lipinski definition) is 1. The molecule has 0 aliphatic heterocycles. The molecule has 84 valence electrons. The molecule has 1 N–H and O–H groups in total. The lowest BCUT2D eigenvalue weighted by molar-refractivity contribution is 0.175. The summed E-state index contributed by atoms with van der Waals surface area (Å²) in [6.07, 6.45) is 8.01. The van der Waals surface area contributed by atoms with Gasteiger partial charge in [-0.3, -0.25) is 9.42 Å². The molecule has 0 saturated heterocycles. The molecule has 5 heteroatoms. The molecular weight excluding hydrogens is 215 g/mol. The lowest BCUT2D eigenvalue weighted by Gasteiger charge is -2.09. The average Bonchev–Trinajstić information content (AvgIpc) is 2.15. The molecule has 0 heterocycles. The summed E-state index contributed by atoms with van der Waals surface area (Å²) < 4.78 is 20.1. The minimum absolute atomic E-state index is 0.153. The minimum Gasteiger partial charge on any atom is -0.350 e. The van der Waals surface area contributed by atoms with Gasteiger partial charge in [-0.1, -0.05) is 19.8 Å². The van der Waals surface area contributed by atoms with Crippen LogP contribution in [0.2, 0.25) is 0 Å². The van der Waals surface area contributed by atoms with E-state index < -0.39 is 7.82 Å². The van der Waals surface area contributed by atoms with Crippen LogP contribution in [-0.4, -0.2) is 11.5 Å². The quantitative estimate of drug-likeness (QED) is 0.446. The predicted octanol–water partition coefficient (Wildman–Crippen LogP) is 2.15. The summed E-state index contributed by atoms with van der Waals surface area (Å²) >= 11 is 0. The van der Waals surface area contributed by atoms with Gasteiger partial charge in [-0.25, -0.2) is 4.57 Å². The lowest BCUT2D eigenvalue weighted by atomic mass is 10.2. The van der Waals surface area contributed by atoms with E-state index in [1.54, 1.807) is 0 Å². The number of phosphoric acid groups is 1. The van der Waals surface area contributed by atoms with Crippen LogP contribution < -0.4 is 0 Å². The minimum atomic E-state index is -4.02. The normalized spacial score (nSPS) is 13.5. The number of unbranched alkanes of at least 4 members (excludes halogenated alkanes) is 1. The van der Waals surface area contributed by atoms with Gasteiger partial charge >= 0.3 is 7.82 Å². The molecule has 1 unspecified atom stereocenters. The van der Waals surface area contributed by atoms with Crippen LogP contribution in [0.25, 0.3) is 0 Å². The molecule has 0 fully saturated rings. The Labute approximate surface area is 90.6 Å². The highest BCUT2D eigenvalue weighted by Gasteiger charge is 2.21. The van der Waals surface area contributed by atoms with E-state index in [1.807, 2.05) is 13.8 Å². The van der Waals surface area contributed by atoms with Crippen LogP contribution >= 0.6 is 7.82 Å². The second-order valence-corrected chi connectivity index (χ2v) is 4.61. The largest absolute Gasteiger partial charge is 0.535 e. The van der Waals surface area contributed by atoms with Gasteiger partial charge in [0.15, 0.2) is 0 Å². The molecule has 0 rings (SSSR count). The number of rotatable bonds is 5. The summed E-state index contributed by atoms with van der Waals surface area (Å²) in [5.74, 6) is 5.04. The van der Waals surface area contributed by atoms with Gasteiger partial charge in [-0.2, -0.15) is 0 Å². The summed E-state index contributed by atoms with van der Waals surface area (Å²) in [5, 5.41) is 0. The Kier molecular flexibility index (Phi) is 6.92. The van der Waals surface area contributed by atoms with Crippen LogP contribution in [0.15, 0.2) is 0 Å². The van der Waals surface area contributed by atoms with Crippen molar-refractivity contribution in [2.75, 3.05) is 6.61 Å². The fourth-order valence-corrected chi connectivity index (χ4v) is 1.26. The summed E-state index contributed by atoms with van der Waals surface area (Å²) in [4.78, 5) is 9.09. The molecule has 0 aliphatic rings. The number of phosphoric ester groups is 1. The molecule has 0 radical (unpaired) electrons. The molecule has 0 saturated carbocycles. The second kappa shape index (κ2) is 7.37.